The number of amides is 1. The van der Waals surface area contributed by atoms with Gasteiger partial charge in [-0.15, -0.1) is 0 Å². The molecule has 0 aliphatic rings. The van der Waals surface area contributed by atoms with Crippen LogP contribution in [-0.2, 0) is 9.59 Å². The van der Waals surface area contributed by atoms with E-state index in [0.29, 0.717) is 13.0 Å². The third-order valence-corrected chi connectivity index (χ3v) is 2.21. The van der Waals surface area contributed by atoms with E-state index in [1.807, 2.05) is 20.8 Å². The number of carbonyl (C=O) groups excluding carboxylic acids is 2. The smallest absolute Gasteiger partial charge is 0.225 e. The maximum atomic E-state index is 11.4. The van der Waals surface area contributed by atoms with E-state index in [0.717, 1.165) is 19.3 Å². The van der Waals surface area contributed by atoms with Gasteiger partial charge >= 0.3 is 0 Å². The maximum absolute atomic E-state index is 11.4. The average molecular weight is 234 g/mol. The minimum Gasteiger partial charge on any atom is -0.356 e. The lowest BCUT2D eigenvalue weighted by atomic mass is 9.96. The van der Waals surface area contributed by atoms with Gasteiger partial charge in [-0.2, -0.15) is 0 Å². The molecule has 0 rings (SSSR count). The van der Waals surface area contributed by atoms with E-state index in [1.165, 1.54) is 0 Å². The molecule has 0 aliphatic carbocycles. The first kappa shape index (κ1) is 14.4. The Balaban J connectivity index is 3.40. The molecule has 0 radical (unpaired) electrons. The lowest BCUT2D eigenvalue weighted by Gasteiger charge is -2.17. The highest BCUT2D eigenvalue weighted by Crippen LogP contribution is 2.12. The van der Waals surface area contributed by atoms with Crippen LogP contribution in [0.3, 0.4) is 0 Å². The molecule has 0 atom stereocenters. The van der Waals surface area contributed by atoms with Crippen molar-refractivity contribution < 1.29 is 9.59 Å². The summed E-state index contributed by atoms with van der Waals surface area (Å²) in [6.45, 7) is 6.32. The summed E-state index contributed by atoms with van der Waals surface area (Å²) in [5, 5.41) is 2.57. The first-order chi connectivity index (χ1) is 6.84. The number of carbonyl (C=O) groups is 2. The van der Waals surface area contributed by atoms with Gasteiger partial charge in [0.15, 0.2) is 0 Å². The third kappa shape index (κ3) is 8.43. The first-order valence-electron chi connectivity index (χ1n) is 5.30. The zero-order chi connectivity index (χ0) is 11.9. The van der Waals surface area contributed by atoms with Gasteiger partial charge in [0, 0.05) is 18.4 Å². The molecule has 0 aromatic carbocycles. The van der Waals surface area contributed by atoms with Crippen molar-refractivity contribution in [2.75, 3.05) is 6.54 Å². The van der Waals surface area contributed by atoms with Crippen LogP contribution in [0.4, 0.5) is 0 Å². The lowest BCUT2D eigenvalue weighted by Crippen LogP contribution is -2.35. The summed E-state index contributed by atoms with van der Waals surface area (Å²) >= 11 is 5.19. The highest BCUT2D eigenvalue weighted by molar-refractivity contribution is 6.63. The van der Waals surface area contributed by atoms with Crippen molar-refractivity contribution >= 4 is 22.8 Å². The van der Waals surface area contributed by atoms with Crippen molar-refractivity contribution in [3.05, 3.63) is 0 Å². The van der Waals surface area contributed by atoms with Gasteiger partial charge in [-0.25, -0.2) is 0 Å². The van der Waals surface area contributed by atoms with Crippen molar-refractivity contribution in [3.63, 3.8) is 0 Å². The number of halogens is 1. The van der Waals surface area contributed by atoms with Crippen LogP contribution in [-0.4, -0.2) is 17.7 Å². The molecular formula is C11H20ClNO2. The predicted molar refractivity (Wildman–Crippen MR) is 61.8 cm³/mol. The van der Waals surface area contributed by atoms with E-state index in [2.05, 4.69) is 5.32 Å². The second kappa shape index (κ2) is 6.83. The molecular weight excluding hydrogens is 214 g/mol. The summed E-state index contributed by atoms with van der Waals surface area (Å²) in [4.78, 5) is 21.8. The minimum absolute atomic E-state index is 0.0657. The molecule has 1 amide bonds. The Morgan fingerprint density at radius 3 is 2.20 bits per heavy atom. The second-order valence-electron chi connectivity index (χ2n) is 4.67. The summed E-state index contributed by atoms with van der Waals surface area (Å²) in [6.07, 6.45) is 3.04. The highest BCUT2D eigenvalue weighted by Gasteiger charge is 2.19. The molecule has 0 aliphatic heterocycles. The van der Waals surface area contributed by atoms with Gasteiger partial charge in [-0.1, -0.05) is 27.2 Å². The Kier molecular flexibility index (Phi) is 6.57. The molecule has 88 valence electrons. The SMILES string of the molecule is CC(C)(C)C(=O)NCCCCCC(=O)Cl. The van der Waals surface area contributed by atoms with Gasteiger partial charge in [-0.3, -0.25) is 9.59 Å². The zero-order valence-corrected chi connectivity index (χ0v) is 10.5. The average Bonchev–Trinajstić information content (AvgIpc) is 2.08. The molecule has 0 saturated heterocycles. The van der Waals surface area contributed by atoms with Gasteiger partial charge in [0.25, 0.3) is 0 Å². The Morgan fingerprint density at radius 1 is 1.13 bits per heavy atom. The first-order valence-corrected chi connectivity index (χ1v) is 5.68. The Labute approximate surface area is 96.6 Å². The van der Waals surface area contributed by atoms with Gasteiger partial charge < -0.3 is 5.32 Å². The number of rotatable bonds is 6. The predicted octanol–water partition coefficient (Wildman–Crippen LogP) is 2.47. The fraction of sp³-hybridized carbons (Fsp3) is 0.818. The molecule has 0 aromatic rings. The van der Waals surface area contributed by atoms with Crippen LogP contribution in [0.25, 0.3) is 0 Å². The second-order valence-corrected chi connectivity index (χ2v) is 5.09. The van der Waals surface area contributed by atoms with Crippen LogP contribution in [0.5, 0.6) is 0 Å². The molecule has 0 fully saturated rings. The van der Waals surface area contributed by atoms with E-state index in [9.17, 15) is 9.59 Å². The van der Waals surface area contributed by atoms with Crippen LogP contribution >= 0.6 is 11.6 Å². The van der Waals surface area contributed by atoms with Crippen molar-refractivity contribution in [1.29, 1.82) is 0 Å². The van der Waals surface area contributed by atoms with Crippen molar-refractivity contribution in [2.45, 2.75) is 46.5 Å². The fourth-order valence-electron chi connectivity index (χ4n) is 1.03. The fourth-order valence-corrected chi connectivity index (χ4v) is 1.17. The van der Waals surface area contributed by atoms with Crippen molar-refractivity contribution in [1.82, 2.24) is 5.32 Å². The summed E-state index contributed by atoms with van der Waals surface area (Å²) in [5.74, 6) is 0.0657. The van der Waals surface area contributed by atoms with E-state index in [4.69, 9.17) is 11.6 Å². The molecule has 0 unspecified atom stereocenters. The van der Waals surface area contributed by atoms with Crippen LogP contribution in [0.1, 0.15) is 46.5 Å². The van der Waals surface area contributed by atoms with Crippen LogP contribution in [0.2, 0.25) is 0 Å². The quantitative estimate of drug-likeness (QED) is 0.566. The van der Waals surface area contributed by atoms with Crippen LogP contribution in [0.15, 0.2) is 0 Å². The summed E-state index contributed by atoms with van der Waals surface area (Å²) in [7, 11) is 0. The summed E-state index contributed by atoms with van der Waals surface area (Å²) in [6, 6.07) is 0. The summed E-state index contributed by atoms with van der Waals surface area (Å²) < 4.78 is 0. The summed E-state index contributed by atoms with van der Waals surface area (Å²) in [5.41, 5.74) is -0.327. The van der Waals surface area contributed by atoms with E-state index >= 15 is 0 Å². The van der Waals surface area contributed by atoms with Gasteiger partial charge in [0.1, 0.15) is 0 Å². The Hall–Kier alpha value is -0.570. The molecule has 0 bridgehead atoms. The normalized spacial score (nSPS) is 11.2. The number of hydrogen-bond acceptors (Lipinski definition) is 2. The van der Waals surface area contributed by atoms with Crippen LogP contribution in [0, 0.1) is 5.41 Å². The van der Waals surface area contributed by atoms with Crippen molar-refractivity contribution in [3.8, 4) is 0 Å². The molecule has 0 saturated carbocycles. The van der Waals surface area contributed by atoms with Gasteiger partial charge in [0.2, 0.25) is 11.1 Å². The van der Waals surface area contributed by atoms with Crippen molar-refractivity contribution in [2.24, 2.45) is 5.41 Å². The molecule has 3 nitrogen and oxygen atoms in total. The van der Waals surface area contributed by atoms with Crippen LogP contribution < -0.4 is 5.32 Å². The topological polar surface area (TPSA) is 46.2 Å². The molecule has 0 heterocycles. The molecule has 15 heavy (non-hydrogen) atoms. The van der Waals surface area contributed by atoms with Gasteiger partial charge in [0.05, 0.1) is 0 Å². The number of unbranched alkanes of at least 4 members (excludes halogenated alkanes) is 2. The molecule has 0 spiro atoms. The minimum atomic E-state index is -0.327. The maximum Gasteiger partial charge on any atom is 0.225 e. The van der Waals surface area contributed by atoms with E-state index < -0.39 is 0 Å². The third-order valence-electron chi connectivity index (χ3n) is 2.02. The molecule has 1 N–H and O–H groups in total. The van der Waals surface area contributed by atoms with E-state index in [1.54, 1.807) is 0 Å². The number of nitrogens with one attached hydrogen (secondary N) is 1. The van der Waals surface area contributed by atoms with E-state index in [-0.39, 0.29) is 16.6 Å². The Morgan fingerprint density at radius 2 is 1.73 bits per heavy atom. The largest absolute Gasteiger partial charge is 0.356 e. The zero-order valence-electron chi connectivity index (χ0n) is 9.73. The highest BCUT2D eigenvalue weighted by atomic mass is 35.5. The number of hydrogen-bond donors (Lipinski definition) is 1. The molecule has 4 heteroatoms. The lowest BCUT2D eigenvalue weighted by molar-refractivity contribution is -0.128. The molecule has 0 aromatic heterocycles. The standard InChI is InChI=1S/C11H20ClNO2/c1-11(2,3)10(15)13-8-6-4-5-7-9(12)14/h4-8H2,1-3H3,(H,13,15). The monoisotopic (exact) mass is 233 g/mol. The van der Waals surface area contributed by atoms with Gasteiger partial charge in [-0.05, 0) is 24.4 Å². The Bertz CT molecular complexity index is 221.